The maximum Gasteiger partial charge on any atom is 0.647 e. The van der Waals surface area contributed by atoms with Gasteiger partial charge in [0.05, 0.1) is 62.4 Å². The standard InChI is InChI=1S/C30H27Cl12O4P/c1-10(31)22-19(7-16(37)28(40)25(22)13(4)34)44-47(43,45-20-8-17(38)29(41)26(14(5)35)23(20)11(2)32)46-21-9-18(39)30(42)27(15(6)36)24(21)12(3)33/h7-15H,1-6H3. The largest absolute Gasteiger partial charge is 0.647 e. The zero-order valence-corrected chi connectivity index (χ0v) is 35.3. The minimum Gasteiger partial charge on any atom is -0.386 e. The number of rotatable bonds is 12. The van der Waals surface area contributed by atoms with Crippen molar-refractivity contribution >= 4 is 147 Å². The van der Waals surface area contributed by atoms with E-state index in [9.17, 15) is 0 Å². The smallest absolute Gasteiger partial charge is 0.386 e. The second-order valence-corrected chi connectivity index (χ2v) is 18.1. The minimum atomic E-state index is -4.95. The van der Waals surface area contributed by atoms with Gasteiger partial charge in [-0.15, -0.1) is 69.6 Å². The molecule has 0 saturated carbocycles. The van der Waals surface area contributed by atoms with Crippen LogP contribution < -0.4 is 13.6 Å². The number of halogens is 12. The molecule has 6 unspecified atom stereocenters. The molecule has 3 rings (SSSR count). The molecule has 0 bridgehead atoms. The van der Waals surface area contributed by atoms with Crippen LogP contribution in [0.15, 0.2) is 18.2 Å². The average molecular weight is 908 g/mol. The first kappa shape index (κ1) is 42.2. The summed E-state index contributed by atoms with van der Waals surface area (Å²) in [6.07, 6.45) is 0. The highest BCUT2D eigenvalue weighted by molar-refractivity contribution is 7.49. The second-order valence-electron chi connectivity index (χ2n) is 10.4. The monoisotopic (exact) mass is 902 g/mol. The van der Waals surface area contributed by atoms with Crippen molar-refractivity contribution in [3.8, 4) is 17.2 Å². The molecule has 0 aliphatic carbocycles. The molecule has 3 aromatic carbocycles. The lowest BCUT2D eigenvalue weighted by Crippen LogP contribution is -2.13. The van der Waals surface area contributed by atoms with Gasteiger partial charge in [-0.05, 0) is 58.2 Å². The van der Waals surface area contributed by atoms with Gasteiger partial charge in [-0.3, -0.25) is 0 Å². The predicted molar refractivity (Wildman–Crippen MR) is 204 cm³/mol. The maximum atomic E-state index is 15.2. The molecular weight excluding hydrogens is 881 g/mol. The highest BCUT2D eigenvalue weighted by Gasteiger charge is 2.40. The Morgan fingerprint density at radius 2 is 0.617 bits per heavy atom. The number of phosphoric ester groups is 1. The molecule has 3 aromatic rings. The molecule has 0 spiro atoms. The van der Waals surface area contributed by atoms with Gasteiger partial charge in [0.2, 0.25) is 0 Å². The van der Waals surface area contributed by atoms with Gasteiger partial charge in [-0.2, -0.15) is 4.57 Å². The van der Waals surface area contributed by atoms with Crippen LogP contribution in [-0.4, -0.2) is 0 Å². The number of alkyl halides is 6. The summed E-state index contributed by atoms with van der Waals surface area (Å²) in [6, 6.07) is 3.95. The SMILES string of the molecule is CC(Cl)c1c(OP(=O)(Oc2cc(Cl)c(Cl)c(C(C)Cl)c2C(C)Cl)Oc2cc(Cl)c(Cl)c(C(C)Cl)c2C(C)Cl)cc(Cl)c(Cl)c1C(C)Cl. The summed E-state index contributed by atoms with van der Waals surface area (Å²) in [5.74, 6) is -0.318. The van der Waals surface area contributed by atoms with E-state index in [1.54, 1.807) is 41.5 Å². The third-order valence-electron chi connectivity index (χ3n) is 6.80. The molecule has 0 amide bonds. The van der Waals surface area contributed by atoms with E-state index in [-0.39, 0.29) is 64.1 Å². The van der Waals surface area contributed by atoms with Gasteiger partial charge in [0.15, 0.2) is 0 Å². The van der Waals surface area contributed by atoms with Gasteiger partial charge in [0, 0.05) is 34.9 Å². The van der Waals surface area contributed by atoms with Gasteiger partial charge in [0.1, 0.15) is 17.2 Å². The number of hydrogen-bond acceptors (Lipinski definition) is 4. The molecule has 47 heavy (non-hydrogen) atoms. The van der Waals surface area contributed by atoms with Crippen molar-refractivity contribution in [2.45, 2.75) is 73.8 Å². The lowest BCUT2D eigenvalue weighted by atomic mass is 10.0. The lowest BCUT2D eigenvalue weighted by molar-refractivity contribution is 0.295. The maximum absolute atomic E-state index is 15.2. The normalized spacial score (nSPS) is 16.9. The van der Waals surface area contributed by atoms with Crippen LogP contribution in [0.2, 0.25) is 30.1 Å². The van der Waals surface area contributed by atoms with E-state index in [0.29, 0.717) is 16.7 Å². The van der Waals surface area contributed by atoms with E-state index in [0.717, 1.165) is 0 Å². The van der Waals surface area contributed by atoms with Crippen LogP contribution in [0.1, 0.15) is 107 Å². The molecular formula is C30H27Cl12O4P. The molecule has 4 nitrogen and oxygen atoms in total. The first-order chi connectivity index (χ1) is 21.6. The summed E-state index contributed by atoms with van der Waals surface area (Å²) < 4.78 is 33.6. The highest BCUT2D eigenvalue weighted by Crippen LogP contribution is 2.58. The van der Waals surface area contributed by atoms with Crippen molar-refractivity contribution in [1.29, 1.82) is 0 Å². The lowest BCUT2D eigenvalue weighted by Gasteiger charge is -2.28. The third kappa shape index (κ3) is 9.42. The Hall–Kier alpha value is 0.770. The highest BCUT2D eigenvalue weighted by atomic mass is 35.5. The molecule has 0 aliphatic rings. The molecule has 0 aliphatic heterocycles. The van der Waals surface area contributed by atoms with Crippen LogP contribution in [0.4, 0.5) is 0 Å². The summed E-state index contributed by atoms with van der Waals surface area (Å²) in [6.45, 7) is 9.92. The summed E-state index contributed by atoms with van der Waals surface area (Å²) in [5.41, 5.74) is 1.87. The van der Waals surface area contributed by atoms with E-state index in [1.807, 2.05) is 0 Å². The van der Waals surface area contributed by atoms with Crippen LogP contribution >= 0.6 is 147 Å². The molecule has 260 valence electrons. The minimum absolute atomic E-state index is 0.0301. The van der Waals surface area contributed by atoms with Gasteiger partial charge in [0.25, 0.3) is 0 Å². The molecule has 0 fully saturated rings. The first-order valence-corrected chi connectivity index (χ1v) is 20.1. The zero-order chi connectivity index (χ0) is 35.9. The van der Waals surface area contributed by atoms with E-state index in [4.69, 9.17) is 153 Å². The van der Waals surface area contributed by atoms with Gasteiger partial charge in [-0.1, -0.05) is 69.6 Å². The fourth-order valence-corrected chi connectivity index (χ4v) is 9.32. The summed E-state index contributed by atoms with van der Waals surface area (Å²) in [4.78, 5) is 0. The van der Waals surface area contributed by atoms with Crippen molar-refractivity contribution in [3.05, 3.63) is 81.7 Å². The van der Waals surface area contributed by atoms with Crippen LogP contribution in [0.5, 0.6) is 17.2 Å². The second kappa shape index (κ2) is 17.1. The first-order valence-electron chi connectivity index (χ1n) is 13.7. The van der Waals surface area contributed by atoms with Crippen molar-refractivity contribution in [2.24, 2.45) is 0 Å². The molecule has 0 radical (unpaired) electrons. The van der Waals surface area contributed by atoms with Crippen molar-refractivity contribution in [2.75, 3.05) is 0 Å². The summed E-state index contributed by atoms with van der Waals surface area (Å²) in [5, 5.41) is -3.92. The van der Waals surface area contributed by atoms with Gasteiger partial charge < -0.3 is 13.6 Å². The fraction of sp³-hybridized carbons (Fsp3) is 0.400. The molecule has 6 atom stereocenters. The fourth-order valence-electron chi connectivity index (χ4n) is 4.95. The Labute approximate surface area is 334 Å². The molecule has 17 heteroatoms. The van der Waals surface area contributed by atoms with Crippen LogP contribution in [0.3, 0.4) is 0 Å². The number of hydrogen-bond donors (Lipinski definition) is 0. The van der Waals surface area contributed by atoms with E-state index in [1.165, 1.54) is 18.2 Å². The van der Waals surface area contributed by atoms with Crippen molar-refractivity contribution < 1.29 is 18.1 Å². The quantitative estimate of drug-likeness (QED) is 0.134. The Morgan fingerprint density at radius 3 is 0.787 bits per heavy atom. The molecule has 0 N–H and O–H groups in total. The van der Waals surface area contributed by atoms with E-state index >= 15 is 4.57 Å². The summed E-state index contributed by atoms with van der Waals surface area (Å²) >= 11 is 78.5. The molecule has 0 saturated heterocycles. The van der Waals surface area contributed by atoms with Crippen LogP contribution in [0.25, 0.3) is 0 Å². The Bertz CT molecular complexity index is 1500. The van der Waals surface area contributed by atoms with E-state index in [2.05, 4.69) is 0 Å². The van der Waals surface area contributed by atoms with Gasteiger partial charge in [-0.25, -0.2) is 0 Å². The topological polar surface area (TPSA) is 44.8 Å². The van der Waals surface area contributed by atoms with Gasteiger partial charge >= 0.3 is 7.82 Å². The van der Waals surface area contributed by atoms with Crippen LogP contribution in [0, 0.1) is 0 Å². The summed E-state index contributed by atoms with van der Waals surface area (Å²) in [7, 11) is -4.95. The Kier molecular flexibility index (Phi) is 15.3. The molecule has 0 heterocycles. The average Bonchev–Trinajstić information content (AvgIpc) is 2.92. The predicted octanol–water partition coefficient (Wildman–Crippen LogP) is 17.1. The Morgan fingerprint density at radius 1 is 0.426 bits per heavy atom. The number of benzene rings is 3. The Balaban J connectivity index is 2.45. The third-order valence-corrected chi connectivity index (χ3v) is 11.8. The van der Waals surface area contributed by atoms with Crippen molar-refractivity contribution in [3.63, 3.8) is 0 Å². The zero-order valence-electron chi connectivity index (χ0n) is 25.3. The van der Waals surface area contributed by atoms with E-state index < -0.39 is 40.1 Å². The van der Waals surface area contributed by atoms with Crippen LogP contribution in [-0.2, 0) is 4.57 Å². The molecule has 0 aromatic heterocycles. The number of phosphoric acid groups is 1. The van der Waals surface area contributed by atoms with Crippen molar-refractivity contribution in [1.82, 2.24) is 0 Å².